The van der Waals surface area contributed by atoms with Gasteiger partial charge < -0.3 is 14.6 Å². The molecule has 0 saturated carbocycles. The molecule has 2 heterocycles. The number of furan rings is 1. The Bertz CT molecular complexity index is 601. The Hall–Kier alpha value is -2.23. The molecule has 1 N–H and O–H groups in total. The van der Waals surface area contributed by atoms with Gasteiger partial charge in [-0.1, -0.05) is 12.1 Å². The van der Waals surface area contributed by atoms with Crippen molar-refractivity contribution in [2.45, 2.75) is 32.1 Å². The van der Waals surface area contributed by atoms with Crippen molar-refractivity contribution >= 4 is 17.3 Å². The Kier molecular flexibility index (Phi) is 4.78. The first-order valence-corrected chi connectivity index (χ1v) is 7.99. The van der Waals surface area contributed by atoms with Crippen molar-refractivity contribution in [1.29, 1.82) is 0 Å². The van der Waals surface area contributed by atoms with E-state index in [-0.39, 0.29) is 5.91 Å². The fourth-order valence-electron chi connectivity index (χ4n) is 2.89. The first-order chi connectivity index (χ1) is 10.8. The maximum absolute atomic E-state index is 12.2. The van der Waals surface area contributed by atoms with E-state index >= 15 is 0 Å². The monoisotopic (exact) mass is 298 g/mol. The zero-order valence-corrected chi connectivity index (χ0v) is 12.8. The Morgan fingerprint density at radius 1 is 1.09 bits per heavy atom. The lowest BCUT2D eigenvalue weighted by molar-refractivity contribution is -0.116. The number of amides is 1. The van der Waals surface area contributed by atoms with Crippen molar-refractivity contribution in [3.05, 3.63) is 48.4 Å². The van der Waals surface area contributed by atoms with Gasteiger partial charge in [-0.2, -0.15) is 0 Å². The number of hydrogen-bond acceptors (Lipinski definition) is 3. The molecule has 0 aliphatic carbocycles. The normalized spacial score (nSPS) is 14.8. The fraction of sp³-hybridized carbons (Fsp3) is 0.389. The second kappa shape index (κ2) is 7.16. The highest BCUT2D eigenvalue weighted by Gasteiger charge is 2.15. The minimum Gasteiger partial charge on any atom is -0.469 e. The van der Waals surface area contributed by atoms with Crippen LogP contribution in [0.1, 0.15) is 31.4 Å². The molecule has 1 aliphatic rings. The first-order valence-electron chi connectivity index (χ1n) is 7.99. The van der Waals surface area contributed by atoms with Crippen molar-refractivity contribution in [2.24, 2.45) is 0 Å². The summed E-state index contributed by atoms with van der Waals surface area (Å²) in [4.78, 5) is 14.5. The van der Waals surface area contributed by atoms with Gasteiger partial charge in [0.1, 0.15) is 5.76 Å². The van der Waals surface area contributed by atoms with Crippen LogP contribution in [0.4, 0.5) is 11.4 Å². The van der Waals surface area contributed by atoms with Crippen LogP contribution in [0.15, 0.2) is 47.1 Å². The third kappa shape index (κ3) is 3.70. The topological polar surface area (TPSA) is 45.5 Å². The molecule has 3 rings (SSSR count). The molecule has 0 radical (unpaired) electrons. The van der Waals surface area contributed by atoms with E-state index in [9.17, 15) is 4.79 Å². The summed E-state index contributed by atoms with van der Waals surface area (Å²) in [6.07, 6.45) is 6.45. The van der Waals surface area contributed by atoms with Gasteiger partial charge in [-0.05, 0) is 43.5 Å². The van der Waals surface area contributed by atoms with Gasteiger partial charge in [0.2, 0.25) is 5.91 Å². The van der Waals surface area contributed by atoms with Crippen LogP contribution >= 0.6 is 0 Å². The predicted octanol–water partition coefficient (Wildman–Crippen LogP) is 3.84. The molecule has 1 aromatic carbocycles. The zero-order chi connectivity index (χ0) is 15.2. The number of nitrogens with one attached hydrogen (secondary N) is 1. The minimum atomic E-state index is 0.0286. The third-order valence-electron chi connectivity index (χ3n) is 4.05. The number of hydrogen-bond donors (Lipinski definition) is 1. The summed E-state index contributed by atoms with van der Waals surface area (Å²) in [7, 11) is 0. The third-order valence-corrected chi connectivity index (χ3v) is 4.05. The number of aryl methyl sites for hydroxylation is 1. The SMILES string of the molecule is O=C(CCc1ccco1)Nc1ccccc1N1CCCCC1. The summed E-state index contributed by atoms with van der Waals surface area (Å²) in [6, 6.07) is 11.8. The molecule has 1 aromatic heterocycles. The summed E-state index contributed by atoms with van der Waals surface area (Å²) < 4.78 is 5.26. The van der Waals surface area contributed by atoms with E-state index < -0.39 is 0 Å². The molecule has 1 fully saturated rings. The van der Waals surface area contributed by atoms with Crippen LogP contribution in [0, 0.1) is 0 Å². The maximum Gasteiger partial charge on any atom is 0.224 e. The molecule has 0 unspecified atom stereocenters. The van der Waals surface area contributed by atoms with Gasteiger partial charge >= 0.3 is 0 Å². The van der Waals surface area contributed by atoms with Crippen molar-refractivity contribution in [1.82, 2.24) is 0 Å². The molecule has 22 heavy (non-hydrogen) atoms. The lowest BCUT2D eigenvalue weighted by Gasteiger charge is -2.30. The van der Waals surface area contributed by atoms with Gasteiger partial charge in [0.15, 0.2) is 0 Å². The Morgan fingerprint density at radius 2 is 1.91 bits per heavy atom. The Morgan fingerprint density at radius 3 is 2.68 bits per heavy atom. The van der Waals surface area contributed by atoms with E-state index in [4.69, 9.17) is 4.42 Å². The van der Waals surface area contributed by atoms with Crippen molar-refractivity contribution in [2.75, 3.05) is 23.3 Å². The summed E-state index contributed by atoms with van der Waals surface area (Å²) >= 11 is 0. The highest BCUT2D eigenvalue weighted by Crippen LogP contribution is 2.28. The molecule has 116 valence electrons. The fourth-order valence-corrected chi connectivity index (χ4v) is 2.89. The van der Waals surface area contributed by atoms with E-state index in [1.165, 1.54) is 19.3 Å². The lowest BCUT2D eigenvalue weighted by atomic mass is 10.1. The van der Waals surface area contributed by atoms with Crippen molar-refractivity contribution in [3.8, 4) is 0 Å². The van der Waals surface area contributed by atoms with E-state index in [0.29, 0.717) is 12.8 Å². The largest absolute Gasteiger partial charge is 0.469 e. The van der Waals surface area contributed by atoms with Crippen molar-refractivity contribution < 1.29 is 9.21 Å². The van der Waals surface area contributed by atoms with Crippen LogP contribution in [-0.4, -0.2) is 19.0 Å². The summed E-state index contributed by atoms with van der Waals surface area (Å²) in [5.74, 6) is 0.875. The molecule has 1 aliphatic heterocycles. The number of rotatable bonds is 5. The standard InChI is InChI=1S/C18H22N2O2/c21-18(11-10-15-7-6-14-22-15)19-16-8-2-3-9-17(16)20-12-4-1-5-13-20/h2-3,6-9,14H,1,4-5,10-13H2,(H,19,21). The van der Waals surface area contributed by atoms with Gasteiger partial charge in [-0.25, -0.2) is 0 Å². The molecule has 0 atom stereocenters. The molecular weight excluding hydrogens is 276 g/mol. The number of piperidine rings is 1. The summed E-state index contributed by atoms with van der Waals surface area (Å²) in [5.41, 5.74) is 2.04. The van der Waals surface area contributed by atoms with E-state index in [1.54, 1.807) is 6.26 Å². The molecule has 4 heteroatoms. The first kappa shape index (κ1) is 14.7. The zero-order valence-electron chi connectivity index (χ0n) is 12.8. The van der Waals surface area contributed by atoms with Crippen LogP contribution in [-0.2, 0) is 11.2 Å². The predicted molar refractivity (Wildman–Crippen MR) is 88.2 cm³/mol. The number of benzene rings is 1. The van der Waals surface area contributed by atoms with E-state index in [2.05, 4.69) is 16.3 Å². The number of carbonyl (C=O) groups excluding carboxylic acids is 1. The lowest BCUT2D eigenvalue weighted by Crippen LogP contribution is -2.30. The summed E-state index contributed by atoms with van der Waals surface area (Å²) in [6.45, 7) is 2.14. The Labute approximate surface area is 131 Å². The highest BCUT2D eigenvalue weighted by atomic mass is 16.3. The number of anilines is 2. The second-order valence-electron chi connectivity index (χ2n) is 5.69. The molecule has 1 amide bonds. The molecular formula is C18H22N2O2. The van der Waals surface area contributed by atoms with Crippen LogP contribution in [0.2, 0.25) is 0 Å². The number of carbonyl (C=O) groups is 1. The smallest absolute Gasteiger partial charge is 0.224 e. The highest BCUT2D eigenvalue weighted by molar-refractivity contribution is 5.94. The average Bonchev–Trinajstić information content (AvgIpc) is 3.08. The van der Waals surface area contributed by atoms with Crippen LogP contribution in [0.5, 0.6) is 0 Å². The average molecular weight is 298 g/mol. The second-order valence-corrected chi connectivity index (χ2v) is 5.69. The van der Waals surface area contributed by atoms with Crippen LogP contribution in [0.3, 0.4) is 0 Å². The molecule has 0 spiro atoms. The van der Waals surface area contributed by atoms with E-state index in [1.807, 2.05) is 30.3 Å². The molecule has 2 aromatic rings. The number of para-hydroxylation sites is 2. The van der Waals surface area contributed by atoms with Gasteiger partial charge in [-0.15, -0.1) is 0 Å². The van der Waals surface area contributed by atoms with Crippen molar-refractivity contribution in [3.63, 3.8) is 0 Å². The van der Waals surface area contributed by atoms with Gasteiger partial charge in [0.25, 0.3) is 0 Å². The van der Waals surface area contributed by atoms with Gasteiger partial charge in [0, 0.05) is 25.9 Å². The van der Waals surface area contributed by atoms with Gasteiger partial charge in [0.05, 0.1) is 17.6 Å². The maximum atomic E-state index is 12.2. The molecule has 0 bridgehead atoms. The quantitative estimate of drug-likeness (QED) is 0.912. The van der Waals surface area contributed by atoms with Crippen LogP contribution < -0.4 is 10.2 Å². The Balaban J connectivity index is 1.62. The molecule has 4 nitrogen and oxygen atoms in total. The molecule has 1 saturated heterocycles. The minimum absolute atomic E-state index is 0.0286. The van der Waals surface area contributed by atoms with E-state index in [0.717, 1.165) is 30.2 Å². The van der Waals surface area contributed by atoms with Crippen LogP contribution in [0.25, 0.3) is 0 Å². The number of nitrogens with zero attached hydrogens (tertiary/aromatic N) is 1. The summed E-state index contributed by atoms with van der Waals surface area (Å²) in [5, 5.41) is 3.05. The van der Waals surface area contributed by atoms with Gasteiger partial charge in [-0.3, -0.25) is 4.79 Å².